The summed E-state index contributed by atoms with van der Waals surface area (Å²) in [6.07, 6.45) is 1.89. The molecule has 0 bridgehead atoms. The lowest BCUT2D eigenvalue weighted by atomic mass is 10.0. The van der Waals surface area contributed by atoms with E-state index in [-0.39, 0.29) is 11.9 Å². The van der Waals surface area contributed by atoms with Gasteiger partial charge in [0.05, 0.1) is 24.9 Å². The van der Waals surface area contributed by atoms with Gasteiger partial charge >= 0.3 is 0 Å². The Morgan fingerprint density at radius 3 is 2.57 bits per heavy atom. The number of methoxy groups -OCH3 is 1. The monoisotopic (exact) mass is 495 g/mol. The van der Waals surface area contributed by atoms with Crippen LogP contribution < -0.4 is 14.8 Å². The minimum atomic E-state index is -0.0530. The van der Waals surface area contributed by atoms with Crippen LogP contribution in [0, 0.1) is 0 Å². The highest BCUT2D eigenvalue weighted by atomic mass is 16.5. The van der Waals surface area contributed by atoms with E-state index in [9.17, 15) is 4.79 Å². The van der Waals surface area contributed by atoms with E-state index < -0.39 is 0 Å². The van der Waals surface area contributed by atoms with Gasteiger partial charge in [-0.05, 0) is 55.7 Å². The molecule has 6 nitrogen and oxygen atoms in total. The molecule has 4 aromatic rings. The van der Waals surface area contributed by atoms with Gasteiger partial charge in [0.2, 0.25) is 0 Å². The van der Waals surface area contributed by atoms with Gasteiger partial charge in [0.15, 0.2) is 0 Å². The number of aromatic nitrogens is 1. The third kappa shape index (κ3) is 5.92. The lowest BCUT2D eigenvalue weighted by Gasteiger charge is -2.32. The summed E-state index contributed by atoms with van der Waals surface area (Å²) in [4.78, 5) is 20.5. The zero-order valence-corrected chi connectivity index (χ0v) is 21.4. The van der Waals surface area contributed by atoms with Crippen molar-refractivity contribution in [2.75, 3.05) is 26.8 Å². The van der Waals surface area contributed by atoms with Crippen molar-refractivity contribution in [1.29, 1.82) is 0 Å². The third-order valence-electron chi connectivity index (χ3n) is 6.87. The van der Waals surface area contributed by atoms with Gasteiger partial charge in [-0.3, -0.25) is 9.69 Å². The van der Waals surface area contributed by atoms with Crippen LogP contribution in [0.15, 0.2) is 78.9 Å². The fourth-order valence-corrected chi connectivity index (χ4v) is 4.89. The normalized spacial score (nSPS) is 14.4. The van der Waals surface area contributed by atoms with Crippen molar-refractivity contribution in [3.05, 3.63) is 90.0 Å². The van der Waals surface area contributed by atoms with E-state index in [1.807, 2.05) is 61.5 Å². The Labute approximate surface area is 218 Å². The molecule has 0 spiro atoms. The molecule has 0 unspecified atom stereocenters. The second kappa shape index (κ2) is 11.4. The fourth-order valence-electron chi connectivity index (χ4n) is 4.89. The number of piperidine rings is 1. The van der Waals surface area contributed by atoms with Gasteiger partial charge in [0.1, 0.15) is 11.5 Å². The van der Waals surface area contributed by atoms with Crippen LogP contribution in [-0.4, -0.2) is 48.6 Å². The van der Waals surface area contributed by atoms with Gasteiger partial charge in [-0.25, -0.2) is 4.98 Å². The molecular weight excluding hydrogens is 462 g/mol. The first-order valence-electron chi connectivity index (χ1n) is 12.9. The highest BCUT2D eigenvalue weighted by Gasteiger charge is 2.22. The van der Waals surface area contributed by atoms with E-state index in [1.54, 1.807) is 7.11 Å². The van der Waals surface area contributed by atoms with E-state index in [0.29, 0.717) is 17.9 Å². The van der Waals surface area contributed by atoms with E-state index in [0.717, 1.165) is 60.4 Å². The number of rotatable bonds is 8. The van der Waals surface area contributed by atoms with Crippen molar-refractivity contribution < 1.29 is 14.3 Å². The quantitative estimate of drug-likeness (QED) is 0.340. The predicted molar refractivity (Wildman–Crippen MR) is 147 cm³/mol. The largest absolute Gasteiger partial charge is 0.497 e. The van der Waals surface area contributed by atoms with Crippen LogP contribution in [0.5, 0.6) is 11.5 Å². The van der Waals surface area contributed by atoms with E-state index in [1.165, 1.54) is 5.56 Å². The summed E-state index contributed by atoms with van der Waals surface area (Å²) in [7, 11) is 1.65. The van der Waals surface area contributed by atoms with Crippen LogP contribution in [0.4, 0.5) is 0 Å². The number of hydrogen-bond acceptors (Lipinski definition) is 5. The van der Waals surface area contributed by atoms with Crippen LogP contribution in [-0.2, 0) is 6.54 Å². The van der Waals surface area contributed by atoms with E-state index in [4.69, 9.17) is 14.5 Å². The topological polar surface area (TPSA) is 63.7 Å². The Balaban J connectivity index is 1.29. The van der Waals surface area contributed by atoms with Crippen LogP contribution in [0.2, 0.25) is 0 Å². The molecule has 1 fully saturated rings. The summed E-state index contributed by atoms with van der Waals surface area (Å²) < 4.78 is 11.3. The molecule has 5 rings (SSSR count). The van der Waals surface area contributed by atoms with Crippen LogP contribution in [0.3, 0.4) is 0 Å². The standard InChI is InChI=1S/C31H33N3O3/c1-3-37-30-20-29(23-10-7-11-26(18-23)36-2)33-28-13-12-24(19-27(28)30)31(35)32-25-14-16-34(17-15-25)21-22-8-5-4-6-9-22/h4-13,18-20,25H,3,14-17,21H2,1-2H3,(H,32,35). The third-order valence-corrected chi connectivity index (χ3v) is 6.87. The minimum Gasteiger partial charge on any atom is -0.497 e. The average Bonchev–Trinajstić information content (AvgIpc) is 2.94. The number of nitrogens with zero attached hydrogens (tertiary/aromatic N) is 2. The van der Waals surface area contributed by atoms with Crippen molar-refractivity contribution in [3.63, 3.8) is 0 Å². The van der Waals surface area contributed by atoms with Crippen molar-refractivity contribution >= 4 is 16.8 Å². The first kappa shape index (κ1) is 24.8. The Kier molecular flexibility index (Phi) is 7.66. The molecule has 1 aliphatic heterocycles. The van der Waals surface area contributed by atoms with Gasteiger partial charge in [-0.2, -0.15) is 0 Å². The lowest BCUT2D eigenvalue weighted by Crippen LogP contribution is -2.44. The lowest BCUT2D eigenvalue weighted by molar-refractivity contribution is 0.0909. The van der Waals surface area contributed by atoms with Gasteiger partial charge in [-0.1, -0.05) is 42.5 Å². The van der Waals surface area contributed by atoms with Gasteiger partial charge in [0, 0.05) is 48.3 Å². The fraction of sp³-hybridized carbons (Fsp3) is 0.290. The first-order valence-corrected chi connectivity index (χ1v) is 12.9. The summed E-state index contributed by atoms with van der Waals surface area (Å²) in [6, 6.07) is 26.1. The molecule has 6 heteroatoms. The molecule has 2 heterocycles. The zero-order valence-electron chi connectivity index (χ0n) is 21.4. The van der Waals surface area contributed by atoms with Crippen LogP contribution >= 0.6 is 0 Å². The van der Waals surface area contributed by atoms with Gasteiger partial charge in [-0.15, -0.1) is 0 Å². The maximum Gasteiger partial charge on any atom is 0.251 e. The molecule has 1 aliphatic rings. The number of carbonyl (C=O) groups is 1. The number of hydrogen-bond donors (Lipinski definition) is 1. The number of carbonyl (C=O) groups excluding carboxylic acids is 1. The highest BCUT2D eigenvalue weighted by Crippen LogP contribution is 2.32. The van der Waals surface area contributed by atoms with Crippen LogP contribution in [0.25, 0.3) is 22.2 Å². The molecular formula is C31H33N3O3. The molecule has 37 heavy (non-hydrogen) atoms. The van der Waals surface area contributed by atoms with Gasteiger partial charge in [0.25, 0.3) is 5.91 Å². The van der Waals surface area contributed by atoms with Crippen molar-refractivity contribution in [2.24, 2.45) is 0 Å². The Morgan fingerprint density at radius 2 is 1.81 bits per heavy atom. The second-order valence-electron chi connectivity index (χ2n) is 9.41. The molecule has 190 valence electrons. The molecule has 1 aromatic heterocycles. The summed E-state index contributed by atoms with van der Waals surface area (Å²) in [5.74, 6) is 1.44. The molecule has 0 saturated carbocycles. The van der Waals surface area contributed by atoms with Crippen LogP contribution in [0.1, 0.15) is 35.7 Å². The first-order chi connectivity index (χ1) is 18.1. The summed E-state index contributed by atoms with van der Waals surface area (Å²) in [6.45, 7) is 5.38. The SMILES string of the molecule is CCOc1cc(-c2cccc(OC)c2)nc2ccc(C(=O)NC3CCN(Cc4ccccc4)CC3)cc12. The Hall–Kier alpha value is -3.90. The number of ether oxygens (including phenoxy) is 2. The molecule has 1 N–H and O–H groups in total. The number of benzene rings is 3. The van der Waals surface area contributed by atoms with E-state index in [2.05, 4.69) is 34.5 Å². The number of nitrogens with one attached hydrogen (secondary N) is 1. The molecule has 1 saturated heterocycles. The molecule has 0 atom stereocenters. The molecule has 3 aromatic carbocycles. The molecule has 0 radical (unpaired) electrons. The van der Waals surface area contributed by atoms with Crippen molar-refractivity contribution in [3.8, 4) is 22.8 Å². The average molecular weight is 496 g/mol. The summed E-state index contributed by atoms with van der Waals surface area (Å²) in [5.41, 5.74) is 4.48. The maximum atomic E-state index is 13.2. The zero-order chi connectivity index (χ0) is 25.6. The minimum absolute atomic E-state index is 0.0530. The highest BCUT2D eigenvalue weighted by molar-refractivity contribution is 6.00. The summed E-state index contributed by atoms with van der Waals surface area (Å²) in [5, 5.41) is 4.08. The summed E-state index contributed by atoms with van der Waals surface area (Å²) >= 11 is 0. The second-order valence-corrected chi connectivity index (χ2v) is 9.41. The molecule has 1 amide bonds. The Bertz CT molecular complexity index is 1370. The number of amides is 1. The van der Waals surface area contributed by atoms with Crippen molar-refractivity contribution in [2.45, 2.75) is 32.4 Å². The number of pyridine rings is 1. The Morgan fingerprint density at radius 1 is 1.00 bits per heavy atom. The predicted octanol–water partition coefficient (Wildman–Crippen LogP) is 5.70. The molecule has 0 aliphatic carbocycles. The van der Waals surface area contributed by atoms with E-state index >= 15 is 0 Å². The number of fused-ring (bicyclic) bond motifs is 1. The number of likely N-dealkylation sites (tertiary alicyclic amines) is 1. The smallest absolute Gasteiger partial charge is 0.251 e. The van der Waals surface area contributed by atoms with Crippen molar-refractivity contribution in [1.82, 2.24) is 15.2 Å². The maximum absolute atomic E-state index is 13.2. The van der Waals surface area contributed by atoms with Gasteiger partial charge < -0.3 is 14.8 Å².